The Bertz CT molecular complexity index is 329. The average Bonchev–Trinajstić information content (AvgIpc) is 2.39. The maximum absolute atomic E-state index is 5.80. The van der Waals surface area contributed by atoms with Gasteiger partial charge in [-0.15, -0.1) is 0 Å². The van der Waals surface area contributed by atoms with Gasteiger partial charge in [0.25, 0.3) is 0 Å². The molecule has 0 aromatic heterocycles. The average molecular weight is 247 g/mol. The fraction of sp³-hybridized carbons (Fsp3) is 0.600. The predicted octanol–water partition coefficient (Wildman–Crippen LogP) is 1.54. The minimum Gasteiger partial charge on any atom is -0.328 e. The maximum atomic E-state index is 5.80. The molecule has 0 aliphatic carbocycles. The Balaban J connectivity index is 1.70. The molecule has 0 bridgehead atoms. The Morgan fingerprint density at radius 2 is 1.67 bits per heavy atom. The SMILES string of the molecule is C[C@H](N)CCN1CCN(Cc2ccccc2)CC1. The summed E-state index contributed by atoms with van der Waals surface area (Å²) in [4.78, 5) is 5.07. The van der Waals surface area contributed by atoms with Crippen molar-refractivity contribution in [1.82, 2.24) is 9.80 Å². The van der Waals surface area contributed by atoms with E-state index in [2.05, 4.69) is 47.1 Å². The molecular formula is C15H25N3. The molecule has 1 aromatic carbocycles. The van der Waals surface area contributed by atoms with Gasteiger partial charge in [0, 0.05) is 38.8 Å². The summed E-state index contributed by atoms with van der Waals surface area (Å²) in [6, 6.07) is 11.1. The molecule has 18 heavy (non-hydrogen) atoms. The van der Waals surface area contributed by atoms with Gasteiger partial charge in [0.05, 0.1) is 0 Å². The fourth-order valence-corrected chi connectivity index (χ4v) is 2.40. The molecule has 0 saturated carbocycles. The van der Waals surface area contributed by atoms with Crippen LogP contribution in [0.3, 0.4) is 0 Å². The van der Waals surface area contributed by atoms with Crippen molar-refractivity contribution in [1.29, 1.82) is 0 Å². The summed E-state index contributed by atoms with van der Waals surface area (Å²) in [6.45, 7) is 9.03. The van der Waals surface area contributed by atoms with Crippen LogP contribution >= 0.6 is 0 Å². The Labute approximate surface area is 111 Å². The summed E-state index contributed by atoms with van der Waals surface area (Å²) in [7, 11) is 0. The van der Waals surface area contributed by atoms with Gasteiger partial charge < -0.3 is 10.6 Å². The summed E-state index contributed by atoms with van der Waals surface area (Å²) < 4.78 is 0. The van der Waals surface area contributed by atoms with Gasteiger partial charge in [0.1, 0.15) is 0 Å². The molecule has 0 spiro atoms. The highest BCUT2D eigenvalue weighted by Crippen LogP contribution is 2.08. The van der Waals surface area contributed by atoms with E-state index in [1.165, 1.54) is 31.7 Å². The minimum absolute atomic E-state index is 0.326. The zero-order chi connectivity index (χ0) is 12.8. The van der Waals surface area contributed by atoms with Crippen molar-refractivity contribution in [2.75, 3.05) is 32.7 Å². The molecule has 0 amide bonds. The van der Waals surface area contributed by atoms with Crippen molar-refractivity contribution < 1.29 is 0 Å². The highest BCUT2D eigenvalue weighted by Gasteiger charge is 2.16. The van der Waals surface area contributed by atoms with Crippen LogP contribution in [0.4, 0.5) is 0 Å². The zero-order valence-electron chi connectivity index (χ0n) is 11.4. The van der Waals surface area contributed by atoms with E-state index in [-0.39, 0.29) is 0 Å². The largest absolute Gasteiger partial charge is 0.328 e. The minimum atomic E-state index is 0.326. The fourth-order valence-electron chi connectivity index (χ4n) is 2.40. The molecule has 1 heterocycles. The second-order valence-electron chi connectivity index (χ2n) is 5.37. The van der Waals surface area contributed by atoms with Crippen molar-refractivity contribution in [3.63, 3.8) is 0 Å². The van der Waals surface area contributed by atoms with Gasteiger partial charge in [-0.3, -0.25) is 4.90 Å². The third kappa shape index (κ3) is 4.41. The highest BCUT2D eigenvalue weighted by molar-refractivity contribution is 5.14. The summed E-state index contributed by atoms with van der Waals surface area (Å²) in [5.74, 6) is 0. The second-order valence-corrected chi connectivity index (χ2v) is 5.37. The molecule has 1 saturated heterocycles. The van der Waals surface area contributed by atoms with Crippen LogP contribution in [0, 0.1) is 0 Å². The molecule has 1 aliphatic rings. The first kappa shape index (κ1) is 13.5. The van der Waals surface area contributed by atoms with Gasteiger partial charge >= 0.3 is 0 Å². The van der Waals surface area contributed by atoms with Gasteiger partial charge in [-0.1, -0.05) is 30.3 Å². The van der Waals surface area contributed by atoms with E-state index in [9.17, 15) is 0 Å². The molecule has 3 nitrogen and oxygen atoms in total. The lowest BCUT2D eigenvalue weighted by Crippen LogP contribution is -2.46. The summed E-state index contributed by atoms with van der Waals surface area (Å²) >= 11 is 0. The Kier molecular flexibility index (Phi) is 5.17. The van der Waals surface area contributed by atoms with Crippen LogP contribution in [0.5, 0.6) is 0 Å². The first-order valence-corrected chi connectivity index (χ1v) is 6.98. The van der Waals surface area contributed by atoms with Crippen LogP contribution < -0.4 is 5.73 Å². The van der Waals surface area contributed by atoms with Crippen LogP contribution in [0.15, 0.2) is 30.3 Å². The Hall–Kier alpha value is -0.900. The van der Waals surface area contributed by atoms with E-state index in [0.29, 0.717) is 6.04 Å². The van der Waals surface area contributed by atoms with Gasteiger partial charge in [-0.25, -0.2) is 0 Å². The standard InChI is InChI=1S/C15H25N3/c1-14(16)7-8-17-9-11-18(12-10-17)13-15-5-3-2-4-6-15/h2-6,14H,7-13,16H2,1H3/t14-/m0/s1. The molecular weight excluding hydrogens is 222 g/mol. The first-order chi connectivity index (χ1) is 8.74. The Morgan fingerprint density at radius 3 is 2.28 bits per heavy atom. The zero-order valence-corrected chi connectivity index (χ0v) is 11.4. The van der Waals surface area contributed by atoms with Crippen LogP contribution in [0.2, 0.25) is 0 Å². The van der Waals surface area contributed by atoms with Gasteiger partial charge in [-0.05, 0) is 25.5 Å². The van der Waals surface area contributed by atoms with E-state index >= 15 is 0 Å². The number of hydrogen-bond donors (Lipinski definition) is 1. The summed E-state index contributed by atoms with van der Waals surface area (Å²) in [6.07, 6.45) is 1.11. The number of nitrogens with two attached hydrogens (primary N) is 1. The van der Waals surface area contributed by atoms with E-state index in [0.717, 1.165) is 19.5 Å². The van der Waals surface area contributed by atoms with Crippen molar-refractivity contribution in [2.24, 2.45) is 5.73 Å². The molecule has 1 aliphatic heterocycles. The predicted molar refractivity (Wildman–Crippen MR) is 76.4 cm³/mol. The van der Waals surface area contributed by atoms with Gasteiger partial charge in [0.15, 0.2) is 0 Å². The highest BCUT2D eigenvalue weighted by atomic mass is 15.3. The quantitative estimate of drug-likeness (QED) is 0.856. The lowest BCUT2D eigenvalue weighted by molar-refractivity contribution is 0.125. The molecule has 100 valence electrons. The maximum Gasteiger partial charge on any atom is 0.0234 e. The molecule has 0 radical (unpaired) electrons. The number of rotatable bonds is 5. The Morgan fingerprint density at radius 1 is 1.06 bits per heavy atom. The van der Waals surface area contributed by atoms with Crippen LogP contribution in [-0.4, -0.2) is 48.6 Å². The molecule has 2 rings (SSSR count). The molecule has 1 fully saturated rings. The smallest absolute Gasteiger partial charge is 0.0234 e. The monoisotopic (exact) mass is 247 g/mol. The van der Waals surface area contributed by atoms with Crippen LogP contribution in [0.1, 0.15) is 18.9 Å². The number of piperazine rings is 1. The van der Waals surface area contributed by atoms with E-state index in [4.69, 9.17) is 5.73 Å². The normalized spacial score (nSPS) is 19.9. The molecule has 3 heteroatoms. The molecule has 2 N–H and O–H groups in total. The van der Waals surface area contributed by atoms with E-state index in [1.807, 2.05) is 0 Å². The lowest BCUT2D eigenvalue weighted by atomic mass is 10.2. The van der Waals surface area contributed by atoms with Crippen molar-refractivity contribution in [2.45, 2.75) is 25.9 Å². The van der Waals surface area contributed by atoms with Crippen molar-refractivity contribution in [3.05, 3.63) is 35.9 Å². The third-order valence-corrected chi connectivity index (χ3v) is 3.61. The number of benzene rings is 1. The van der Waals surface area contributed by atoms with Gasteiger partial charge in [0.2, 0.25) is 0 Å². The van der Waals surface area contributed by atoms with Crippen LogP contribution in [-0.2, 0) is 6.54 Å². The number of nitrogens with zero attached hydrogens (tertiary/aromatic N) is 2. The van der Waals surface area contributed by atoms with Crippen LogP contribution in [0.25, 0.3) is 0 Å². The van der Waals surface area contributed by atoms with Crippen molar-refractivity contribution >= 4 is 0 Å². The van der Waals surface area contributed by atoms with E-state index < -0.39 is 0 Å². The van der Waals surface area contributed by atoms with Crippen molar-refractivity contribution in [3.8, 4) is 0 Å². The molecule has 0 unspecified atom stereocenters. The number of hydrogen-bond acceptors (Lipinski definition) is 3. The lowest BCUT2D eigenvalue weighted by Gasteiger charge is -2.35. The second kappa shape index (κ2) is 6.88. The molecule has 1 aromatic rings. The summed E-state index contributed by atoms with van der Waals surface area (Å²) in [5.41, 5.74) is 7.22. The molecule has 1 atom stereocenters. The van der Waals surface area contributed by atoms with Gasteiger partial charge in [-0.2, -0.15) is 0 Å². The third-order valence-electron chi connectivity index (χ3n) is 3.61. The first-order valence-electron chi connectivity index (χ1n) is 6.98. The summed E-state index contributed by atoms with van der Waals surface area (Å²) in [5, 5.41) is 0. The van der Waals surface area contributed by atoms with E-state index in [1.54, 1.807) is 0 Å². The topological polar surface area (TPSA) is 32.5 Å².